The zero-order chi connectivity index (χ0) is 13.2. The van der Waals surface area contributed by atoms with E-state index in [0.717, 1.165) is 11.1 Å². The second kappa shape index (κ2) is 4.76. The predicted octanol–water partition coefficient (Wildman–Crippen LogP) is 3.84. The molecule has 0 saturated carbocycles. The third-order valence-corrected chi connectivity index (χ3v) is 3.26. The number of aromatic nitrogens is 1. The van der Waals surface area contributed by atoms with Crippen molar-refractivity contribution in [3.8, 4) is 5.75 Å². The quantitative estimate of drug-likeness (QED) is 0.693. The van der Waals surface area contributed by atoms with E-state index in [2.05, 4.69) is 22.8 Å². The van der Waals surface area contributed by atoms with Crippen LogP contribution < -0.4 is 4.74 Å². The molecule has 0 amide bonds. The van der Waals surface area contributed by atoms with E-state index >= 15 is 0 Å². The average Bonchev–Trinajstić information content (AvgIpc) is 2.83. The Morgan fingerprint density at radius 3 is 2.79 bits per heavy atom. The molecule has 3 aromatic rings. The van der Waals surface area contributed by atoms with Crippen LogP contribution in [0.5, 0.6) is 5.75 Å². The first-order chi connectivity index (χ1) is 9.28. The second-order valence-electron chi connectivity index (χ2n) is 4.46. The maximum absolute atomic E-state index is 13.4. The highest BCUT2D eigenvalue weighted by Crippen LogP contribution is 2.23. The number of fused-ring (bicyclic) bond motifs is 1. The Balaban J connectivity index is 2.03. The topological polar surface area (TPSA) is 14.2 Å². The molecule has 0 bridgehead atoms. The number of para-hydroxylation sites is 1. The number of ether oxygens (including phenoxy) is 1. The van der Waals surface area contributed by atoms with Gasteiger partial charge in [-0.2, -0.15) is 0 Å². The van der Waals surface area contributed by atoms with E-state index < -0.39 is 0 Å². The summed E-state index contributed by atoms with van der Waals surface area (Å²) in [6.07, 6.45) is 2.01. The maximum atomic E-state index is 13.4. The first-order valence-corrected chi connectivity index (χ1v) is 6.14. The van der Waals surface area contributed by atoms with Crippen molar-refractivity contribution in [1.82, 2.24) is 4.57 Å². The van der Waals surface area contributed by atoms with Crippen LogP contribution in [0, 0.1) is 5.82 Å². The third-order valence-electron chi connectivity index (χ3n) is 3.26. The van der Waals surface area contributed by atoms with Crippen molar-refractivity contribution in [2.24, 2.45) is 0 Å². The van der Waals surface area contributed by atoms with E-state index in [-0.39, 0.29) is 5.82 Å². The van der Waals surface area contributed by atoms with Gasteiger partial charge in [-0.15, -0.1) is 0 Å². The van der Waals surface area contributed by atoms with E-state index in [1.54, 1.807) is 13.2 Å². The summed E-state index contributed by atoms with van der Waals surface area (Å²) in [5, 5.41) is 1.18. The molecule has 0 fully saturated rings. The van der Waals surface area contributed by atoms with E-state index in [9.17, 15) is 4.39 Å². The fraction of sp³-hybridized carbons (Fsp3) is 0.125. The smallest absolute Gasteiger partial charge is 0.124 e. The molecule has 0 radical (unpaired) electrons. The Bertz CT molecular complexity index is 718. The molecule has 0 aliphatic carbocycles. The van der Waals surface area contributed by atoms with Crippen LogP contribution in [0.25, 0.3) is 10.9 Å². The number of halogens is 1. The Morgan fingerprint density at radius 1 is 1.11 bits per heavy atom. The van der Waals surface area contributed by atoms with Crippen LogP contribution in [-0.2, 0) is 6.54 Å². The first-order valence-electron chi connectivity index (χ1n) is 6.14. The Morgan fingerprint density at radius 2 is 1.95 bits per heavy atom. The largest absolute Gasteiger partial charge is 0.496 e. The van der Waals surface area contributed by atoms with Crippen LogP contribution in [0.2, 0.25) is 0 Å². The molecule has 3 rings (SSSR count). The average molecular weight is 255 g/mol. The molecule has 0 aliphatic heterocycles. The predicted molar refractivity (Wildman–Crippen MR) is 74.0 cm³/mol. The van der Waals surface area contributed by atoms with Crippen molar-refractivity contribution in [3.63, 3.8) is 0 Å². The maximum Gasteiger partial charge on any atom is 0.124 e. The fourth-order valence-corrected chi connectivity index (χ4v) is 2.33. The van der Waals surface area contributed by atoms with Gasteiger partial charge in [-0.3, -0.25) is 0 Å². The summed E-state index contributed by atoms with van der Waals surface area (Å²) in [4.78, 5) is 0. The molecule has 0 unspecified atom stereocenters. The van der Waals surface area contributed by atoms with Crippen molar-refractivity contribution in [1.29, 1.82) is 0 Å². The van der Waals surface area contributed by atoms with Gasteiger partial charge in [0, 0.05) is 17.3 Å². The lowest BCUT2D eigenvalue weighted by Crippen LogP contribution is -2.01. The van der Waals surface area contributed by atoms with Gasteiger partial charge in [0.05, 0.1) is 13.7 Å². The van der Waals surface area contributed by atoms with Gasteiger partial charge < -0.3 is 9.30 Å². The van der Waals surface area contributed by atoms with Gasteiger partial charge in [0.1, 0.15) is 11.6 Å². The molecule has 1 heterocycles. The zero-order valence-electron chi connectivity index (χ0n) is 10.6. The van der Waals surface area contributed by atoms with Gasteiger partial charge in [0.2, 0.25) is 0 Å². The SMILES string of the molecule is COc1ccc(F)cc1Cn1ccc2ccccc21. The third kappa shape index (κ3) is 2.19. The molecule has 0 aliphatic rings. The molecule has 2 nitrogen and oxygen atoms in total. The highest BCUT2D eigenvalue weighted by atomic mass is 19.1. The number of hydrogen-bond donors (Lipinski definition) is 0. The Kier molecular flexibility index (Phi) is 2.95. The van der Waals surface area contributed by atoms with Crippen LogP contribution in [0.15, 0.2) is 54.7 Å². The van der Waals surface area contributed by atoms with Crippen molar-refractivity contribution in [2.75, 3.05) is 7.11 Å². The highest BCUT2D eigenvalue weighted by Gasteiger charge is 2.07. The second-order valence-corrected chi connectivity index (χ2v) is 4.46. The van der Waals surface area contributed by atoms with Crippen molar-refractivity contribution >= 4 is 10.9 Å². The number of hydrogen-bond acceptors (Lipinski definition) is 1. The molecule has 0 spiro atoms. The summed E-state index contributed by atoms with van der Waals surface area (Å²) < 4.78 is 20.7. The van der Waals surface area contributed by atoms with E-state index in [0.29, 0.717) is 12.3 Å². The monoisotopic (exact) mass is 255 g/mol. The standard InChI is InChI=1S/C16H14FNO/c1-19-16-7-6-14(17)10-13(16)11-18-9-8-12-4-2-3-5-15(12)18/h2-10H,11H2,1H3. The molecule has 0 N–H and O–H groups in total. The van der Waals surface area contributed by atoms with Gasteiger partial charge in [-0.25, -0.2) is 4.39 Å². The number of rotatable bonds is 3. The first kappa shape index (κ1) is 11.8. The van der Waals surface area contributed by atoms with Gasteiger partial charge in [0.15, 0.2) is 0 Å². The van der Waals surface area contributed by atoms with Crippen molar-refractivity contribution in [2.45, 2.75) is 6.54 Å². The fourth-order valence-electron chi connectivity index (χ4n) is 2.33. The molecule has 1 aromatic heterocycles. The van der Waals surface area contributed by atoms with Crippen molar-refractivity contribution < 1.29 is 9.13 Å². The van der Waals surface area contributed by atoms with Crippen molar-refractivity contribution in [3.05, 3.63) is 66.1 Å². The zero-order valence-corrected chi connectivity index (χ0v) is 10.6. The molecule has 0 atom stereocenters. The Labute approximate surface area is 111 Å². The molecule has 96 valence electrons. The lowest BCUT2D eigenvalue weighted by molar-refractivity contribution is 0.407. The van der Waals surface area contributed by atoms with Crippen LogP contribution in [0.3, 0.4) is 0 Å². The van der Waals surface area contributed by atoms with E-state index in [4.69, 9.17) is 4.74 Å². The van der Waals surface area contributed by atoms with Crippen LogP contribution >= 0.6 is 0 Å². The van der Waals surface area contributed by atoms with E-state index in [1.165, 1.54) is 17.5 Å². The lowest BCUT2D eigenvalue weighted by atomic mass is 10.2. The summed E-state index contributed by atoms with van der Waals surface area (Å²) in [6.45, 7) is 0.592. The number of benzene rings is 2. The lowest BCUT2D eigenvalue weighted by Gasteiger charge is -2.10. The van der Waals surface area contributed by atoms with Crippen LogP contribution in [0.4, 0.5) is 4.39 Å². The van der Waals surface area contributed by atoms with Crippen LogP contribution in [0.1, 0.15) is 5.56 Å². The number of nitrogens with zero attached hydrogens (tertiary/aromatic N) is 1. The molecule has 2 aromatic carbocycles. The minimum atomic E-state index is -0.243. The summed E-state index contributed by atoms with van der Waals surface area (Å²) >= 11 is 0. The Hall–Kier alpha value is -2.29. The summed E-state index contributed by atoms with van der Waals surface area (Å²) in [5.41, 5.74) is 1.97. The van der Waals surface area contributed by atoms with Gasteiger partial charge in [0.25, 0.3) is 0 Å². The minimum absolute atomic E-state index is 0.243. The summed E-state index contributed by atoms with van der Waals surface area (Å²) in [7, 11) is 1.60. The van der Waals surface area contributed by atoms with Gasteiger partial charge in [-0.1, -0.05) is 18.2 Å². The molecular formula is C16H14FNO. The van der Waals surface area contributed by atoms with Gasteiger partial charge >= 0.3 is 0 Å². The minimum Gasteiger partial charge on any atom is -0.496 e. The summed E-state index contributed by atoms with van der Waals surface area (Å²) in [6, 6.07) is 14.8. The summed E-state index contributed by atoms with van der Waals surface area (Å²) in [5.74, 6) is 0.464. The normalized spacial score (nSPS) is 10.8. The molecule has 3 heteroatoms. The number of methoxy groups -OCH3 is 1. The molecule has 19 heavy (non-hydrogen) atoms. The molecule has 0 saturated heterocycles. The highest BCUT2D eigenvalue weighted by molar-refractivity contribution is 5.80. The van der Waals surface area contributed by atoms with Crippen LogP contribution in [-0.4, -0.2) is 11.7 Å². The van der Waals surface area contributed by atoms with Gasteiger partial charge in [-0.05, 0) is 35.7 Å². The molecular weight excluding hydrogens is 241 g/mol. The van der Waals surface area contributed by atoms with E-state index in [1.807, 2.05) is 18.3 Å².